The molecule has 130 valence electrons. The van der Waals surface area contributed by atoms with Crippen LogP contribution in [-0.4, -0.2) is 40.9 Å². The zero-order valence-corrected chi connectivity index (χ0v) is 14.0. The highest BCUT2D eigenvalue weighted by Crippen LogP contribution is 2.30. The second-order valence-electron chi connectivity index (χ2n) is 6.07. The third-order valence-electron chi connectivity index (χ3n) is 4.28. The number of hydrogen-bond acceptors (Lipinski definition) is 3. The molecule has 1 unspecified atom stereocenters. The van der Waals surface area contributed by atoms with Gasteiger partial charge in [0.25, 0.3) is 0 Å². The fourth-order valence-corrected chi connectivity index (χ4v) is 3.09. The van der Waals surface area contributed by atoms with E-state index in [1.807, 2.05) is 18.2 Å². The first-order valence-corrected chi connectivity index (χ1v) is 8.35. The van der Waals surface area contributed by atoms with Crippen molar-refractivity contribution in [1.29, 1.82) is 0 Å². The van der Waals surface area contributed by atoms with E-state index in [1.54, 1.807) is 6.07 Å². The molecule has 0 aromatic heterocycles. The van der Waals surface area contributed by atoms with E-state index in [0.717, 1.165) is 24.0 Å². The van der Waals surface area contributed by atoms with Gasteiger partial charge in [0.1, 0.15) is 0 Å². The van der Waals surface area contributed by atoms with Crippen molar-refractivity contribution in [3.8, 4) is 0 Å². The molecule has 0 bridgehead atoms. The lowest BCUT2D eigenvalue weighted by Crippen LogP contribution is -2.43. The summed E-state index contributed by atoms with van der Waals surface area (Å²) < 4.78 is 0. The van der Waals surface area contributed by atoms with Gasteiger partial charge in [0, 0.05) is 26.4 Å². The van der Waals surface area contributed by atoms with Gasteiger partial charge in [-0.15, -0.1) is 0 Å². The fourth-order valence-electron chi connectivity index (χ4n) is 3.09. The highest BCUT2D eigenvalue weighted by atomic mass is 16.4. The van der Waals surface area contributed by atoms with E-state index < -0.39 is 12.0 Å². The van der Waals surface area contributed by atoms with Gasteiger partial charge in [-0.05, 0) is 30.4 Å². The quantitative estimate of drug-likeness (QED) is 0.747. The molecule has 1 aromatic rings. The number of rotatable bonds is 7. The number of unbranched alkanes of at least 4 members (excludes halogenated alkanes) is 2. The molecule has 6 nitrogen and oxygen atoms in total. The van der Waals surface area contributed by atoms with Crippen LogP contribution in [0.1, 0.15) is 49.8 Å². The molecule has 2 N–H and O–H groups in total. The van der Waals surface area contributed by atoms with E-state index in [4.69, 9.17) is 0 Å². The third-order valence-corrected chi connectivity index (χ3v) is 4.28. The Labute approximate surface area is 141 Å². The van der Waals surface area contributed by atoms with Gasteiger partial charge in [-0.2, -0.15) is 0 Å². The Hall–Kier alpha value is -2.37. The number of amides is 2. The summed E-state index contributed by atoms with van der Waals surface area (Å²) in [7, 11) is 0. The number of fused-ring (bicyclic) bond motifs is 1. The largest absolute Gasteiger partial charge is 0.479 e. The SMILES string of the molecule is CC(=O)NCCCCCC(=O)N1CCc2ccccc2C1C(=O)O. The predicted molar refractivity (Wildman–Crippen MR) is 89.4 cm³/mol. The molecular formula is C18H24N2O4. The number of aliphatic carboxylic acids is 1. The summed E-state index contributed by atoms with van der Waals surface area (Å²) in [4.78, 5) is 36.4. The van der Waals surface area contributed by atoms with Gasteiger partial charge in [-0.25, -0.2) is 4.79 Å². The number of carboxylic acids is 1. The number of hydrogen-bond donors (Lipinski definition) is 2. The van der Waals surface area contributed by atoms with Crippen LogP contribution in [0.3, 0.4) is 0 Å². The molecule has 1 aromatic carbocycles. The number of benzene rings is 1. The van der Waals surface area contributed by atoms with Gasteiger partial charge < -0.3 is 15.3 Å². The molecule has 0 radical (unpaired) electrons. The Kier molecular flexibility index (Phi) is 6.35. The Morgan fingerprint density at radius 3 is 2.67 bits per heavy atom. The summed E-state index contributed by atoms with van der Waals surface area (Å²) in [5.41, 5.74) is 1.72. The van der Waals surface area contributed by atoms with Crippen molar-refractivity contribution in [2.75, 3.05) is 13.1 Å². The average molecular weight is 332 g/mol. The molecule has 1 aliphatic rings. The van der Waals surface area contributed by atoms with E-state index in [-0.39, 0.29) is 11.8 Å². The monoisotopic (exact) mass is 332 g/mol. The van der Waals surface area contributed by atoms with Crippen LogP contribution in [-0.2, 0) is 20.8 Å². The first kappa shape index (κ1) is 18.0. The lowest BCUT2D eigenvalue weighted by atomic mass is 9.92. The van der Waals surface area contributed by atoms with Crippen molar-refractivity contribution in [1.82, 2.24) is 10.2 Å². The van der Waals surface area contributed by atoms with Crippen molar-refractivity contribution in [2.45, 2.75) is 45.1 Å². The van der Waals surface area contributed by atoms with Gasteiger partial charge in [-0.3, -0.25) is 9.59 Å². The zero-order valence-electron chi connectivity index (χ0n) is 14.0. The fraction of sp³-hybridized carbons (Fsp3) is 0.500. The summed E-state index contributed by atoms with van der Waals surface area (Å²) in [5, 5.41) is 12.3. The van der Waals surface area contributed by atoms with Crippen molar-refractivity contribution in [3.63, 3.8) is 0 Å². The number of nitrogens with one attached hydrogen (secondary N) is 1. The molecule has 2 amide bonds. The zero-order chi connectivity index (χ0) is 17.5. The minimum atomic E-state index is -0.985. The highest BCUT2D eigenvalue weighted by molar-refractivity contribution is 5.85. The van der Waals surface area contributed by atoms with E-state index >= 15 is 0 Å². The Morgan fingerprint density at radius 2 is 1.96 bits per heavy atom. The molecule has 0 aliphatic carbocycles. The van der Waals surface area contributed by atoms with Gasteiger partial charge in [0.2, 0.25) is 11.8 Å². The molecule has 0 fully saturated rings. The Morgan fingerprint density at radius 1 is 1.21 bits per heavy atom. The summed E-state index contributed by atoms with van der Waals surface area (Å²) in [6.07, 6.45) is 3.37. The van der Waals surface area contributed by atoms with Crippen molar-refractivity contribution < 1.29 is 19.5 Å². The topological polar surface area (TPSA) is 86.7 Å². The minimum absolute atomic E-state index is 0.0534. The van der Waals surface area contributed by atoms with Crippen LogP contribution in [0.4, 0.5) is 0 Å². The molecule has 1 heterocycles. The van der Waals surface area contributed by atoms with E-state index in [1.165, 1.54) is 11.8 Å². The van der Waals surface area contributed by atoms with Crippen LogP contribution in [0.5, 0.6) is 0 Å². The molecule has 24 heavy (non-hydrogen) atoms. The lowest BCUT2D eigenvalue weighted by Gasteiger charge is -2.34. The number of nitrogens with zero attached hydrogens (tertiary/aromatic N) is 1. The maximum absolute atomic E-state index is 12.5. The summed E-state index contributed by atoms with van der Waals surface area (Å²) in [6.45, 7) is 2.53. The third kappa shape index (κ3) is 4.57. The van der Waals surface area contributed by atoms with Gasteiger partial charge >= 0.3 is 5.97 Å². The smallest absolute Gasteiger partial charge is 0.331 e. The minimum Gasteiger partial charge on any atom is -0.479 e. The Bertz CT molecular complexity index is 615. The van der Waals surface area contributed by atoms with Crippen LogP contribution in [0.15, 0.2) is 24.3 Å². The second kappa shape index (κ2) is 8.47. The van der Waals surface area contributed by atoms with Crippen LogP contribution in [0.2, 0.25) is 0 Å². The number of carbonyl (C=O) groups is 3. The summed E-state index contributed by atoms with van der Waals surface area (Å²) in [6, 6.07) is 6.53. The van der Waals surface area contributed by atoms with Gasteiger partial charge in [-0.1, -0.05) is 30.7 Å². The highest BCUT2D eigenvalue weighted by Gasteiger charge is 2.35. The maximum Gasteiger partial charge on any atom is 0.331 e. The summed E-state index contributed by atoms with van der Waals surface area (Å²) in [5.74, 6) is -1.15. The lowest BCUT2D eigenvalue weighted by molar-refractivity contribution is -0.151. The van der Waals surface area contributed by atoms with Crippen LogP contribution >= 0.6 is 0 Å². The molecule has 6 heteroatoms. The second-order valence-corrected chi connectivity index (χ2v) is 6.07. The van der Waals surface area contributed by atoms with Crippen LogP contribution in [0.25, 0.3) is 0 Å². The van der Waals surface area contributed by atoms with Crippen LogP contribution < -0.4 is 5.32 Å². The van der Waals surface area contributed by atoms with Crippen molar-refractivity contribution in [2.24, 2.45) is 0 Å². The van der Waals surface area contributed by atoms with Crippen LogP contribution in [0, 0.1) is 0 Å². The van der Waals surface area contributed by atoms with E-state index in [9.17, 15) is 19.5 Å². The van der Waals surface area contributed by atoms with Crippen molar-refractivity contribution >= 4 is 17.8 Å². The molecule has 0 saturated heterocycles. The predicted octanol–water partition coefficient (Wildman–Crippen LogP) is 1.89. The molecule has 0 spiro atoms. The van der Waals surface area contributed by atoms with E-state index in [0.29, 0.717) is 32.4 Å². The molecule has 1 atom stereocenters. The Balaban J connectivity index is 1.89. The number of carbonyl (C=O) groups excluding carboxylic acids is 2. The standard InChI is InChI=1S/C18H24N2O4/c1-13(21)19-11-6-2-3-9-16(22)20-12-10-14-7-4-5-8-15(14)17(20)18(23)24/h4-5,7-8,17H,2-3,6,9-12H2,1H3,(H,19,21)(H,23,24). The first-order valence-electron chi connectivity index (χ1n) is 8.35. The average Bonchev–Trinajstić information content (AvgIpc) is 2.56. The number of carboxylic acid groups (broad SMARTS) is 1. The van der Waals surface area contributed by atoms with Gasteiger partial charge in [0.05, 0.1) is 0 Å². The normalized spacial score (nSPS) is 16.4. The summed E-state index contributed by atoms with van der Waals surface area (Å²) >= 11 is 0. The first-order chi connectivity index (χ1) is 11.5. The molecule has 0 saturated carbocycles. The van der Waals surface area contributed by atoms with Gasteiger partial charge in [0.15, 0.2) is 6.04 Å². The molecular weight excluding hydrogens is 308 g/mol. The van der Waals surface area contributed by atoms with Crippen molar-refractivity contribution in [3.05, 3.63) is 35.4 Å². The van der Waals surface area contributed by atoms with E-state index in [2.05, 4.69) is 5.32 Å². The molecule has 1 aliphatic heterocycles. The molecule has 2 rings (SSSR count). The maximum atomic E-state index is 12.5.